The number of aromatic nitrogens is 2. The Labute approximate surface area is 155 Å². The monoisotopic (exact) mass is 379 g/mol. The summed E-state index contributed by atoms with van der Waals surface area (Å²) in [4.78, 5) is 6.30. The average Bonchev–Trinajstić information content (AvgIpc) is 3.17. The standard InChI is InChI=1S/C18H23F2N5O2/c1-24-15-8-13(26-17(19)20)6-7-14(15)16(22-24)23-25-21-10-18(27-25)9-11-2-4-12(18)5-3-11/h6-8,11-12,17,21H,2-5,9-10H2,1H3,(H,22,23)/t11?,12?,18-/m0/s1. The smallest absolute Gasteiger partial charge is 0.387 e. The van der Waals surface area contributed by atoms with Crippen molar-refractivity contribution < 1.29 is 18.4 Å². The highest BCUT2D eigenvalue weighted by Crippen LogP contribution is 2.50. The Hall–Kier alpha value is -1.97. The quantitative estimate of drug-likeness (QED) is 0.851. The van der Waals surface area contributed by atoms with Crippen LogP contribution in [0.15, 0.2) is 18.2 Å². The third-order valence-corrected chi connectivity index (χ3v) is 6.28. The first-order valence-corrected chi connectivity index (χ1v) is 9.43. The van der Waals surface area contributed by atoms with Crippen molar-refractivity contribution in [1.82, 2.24) is 20.5 Å². The molecule has 1 spiro atoms. The van der Waals surface area contributed by atoms with Crippen LogP contribution in [-0.4, -0.2) is 33.8 Å². The van der Waals surface area contributed by atoms with Gasteiger partial charge in [-0.1, -0.05) is 0 Å². The fourth-order valence-corrected chi connectivity index (χ4v) is 4.98. The van der Waals surface area contributed by atoms with Gasteiger partial charge in [-0.3, -0.25) is 14.9 Å². The van der Waals surface area contributed by atoms with Gasteiger partial charge in [0, 0.05) is 25.0 Å². The van der Waals surface area contributed by atoms with Gasteiger partial charge in [0.05, 0.1) is 5.52 Å². The van der Waals surface area contributed by atoms with Gasteiger partial charge in [0.15, 0.2) is 5.82 Å². The van der Waals surface area contributed by atoms with Crippen molar-refractivity contribution in [3.8, 4) is 5.75 Å². The van der Waals surface area contributed by atoms with Gasteiger partial charge in [0.2, 0.25) is 0 Å². The lowest BCUT2D eigenvalue weighted by Crippen LogP contribution is -2.50. The van der Waals surface area contributed by atoms with Crippen LogP contribution in [0, 0.1) is 11.8 Å². The van der Waals surface area contributed by atoms with Gasteiger partial charge >= 0.3 is 6.61 Å². The lowest BCUT2D eigenvalue weighted by Gasteiger charge is -2.47. The van der Waals surface area contributed by atoms with Crippen LogP contribution in [0.1, 0.15) is 32.1 Å². The third-order valence-electron chi connectivity index (χ3n) is 6.28. The highest BCUT2D eigenvalue weighted by molar-refractivity contribution is 5.90. The van der Waals surface area contributed by atoms with Crippen molar-refractivity contribution in [2.75, 3.05) is 12.0 Å². The highest BCUT2D eigenvalue weighted by Gasteiger charge is 2.53. The minimum Gasteiger partial charge on any atom is -0.435 e. The number of ether oxygens (including phenoxy) is 1. The van der Waals surface area contributed by atoms with Crippen molar-refractivity contribution in [3.63, 3.8) is 0 Å². The summed E-state index contributed by atoms with van der Waals surface area (Å²) in [7, 11) is 1.76. The number of anilines is 1. The predicted molar refractivity (Wildman–Crippen MR) is 94.7 cm³/mol. The molecule has 4 aliphatic rings. The van der Waals surface area contributed by atoms with E-state index in [1.807, 2.05) is 0 Å². The molecule has 4 fully saturated rings. The van der Waals surface area contributed by atoms with Gasteiger partial charge in [-0.05, 0) is 61.4 Å². The Morgan fingerprint density at radius 1 is 1.33 bits per heavy atom. The van der Waals surface area contributed by atoms with Gasteiger partial charge in [-0.15, -0.1) is 0 Å². The maximum atomic E-state index is 12.4. The molecule has 146 valence electrons. The van der Waals surface area contributed by atoms with Crippen LogP contribution in [0.4, 0.5) is 14.6 Å². The Morgan fingerprint density at radius 2 is 2.15 bits per heavy atom. The molecule has 2 bridgehead atoms. The number of alkyl halides is 2. The summed E-state index contributed by atoms with van der Waals surface area (Å²) in [5.41, 5.74) is 7.03. The fourth-order valence-electron chi connectivity index (χ4n) is 4.98. The summed E-state index contributed by atoms with van der Waals surface area (Å²) >= 11 is 0. The molecular formula is C18H23F2N5O2. The van der Waals surface area contributed by atoms with Crippen LogP contribution in [0.3, 0.4) is 0 Å². The van der Waals surface area contributed by atoms with Crippen LogP contribution >= 0.6 is 0 Å². The van der Waals surface area contributed by atoms with E-state index in [9.17, 15) is 8.78 Å². The second-order valence-electron chi connectivity index (χ2n) is 7.85. The van der Waals surface area contributed by atoms with E-state index in [-0.39, 0.29) is 11.4 Å². The van der Waals surface area contributed by atoms with Gasteiger partial charge < -0.3 is 4.74 Å². The summed E-state index contributed by atoms with van der Waals surface area (Å²) in [6.45, 7) is -2.06. The van der Waals surface area contributed by atoms with Crippen LogP contribution in [0.2, 0.25) is 0 Å². The number of nitrogens with zero attached hydrogens (tertiary/aromatic N) is 3. The predicted octanol–water partition coefficient (Wildman–Crippen LogP) is 3.20. The molecule has 2 N–H and O–H groups in total. The summed E-state index contributed by atoms with van der Waals surface area (Å²) in [6, 6.07) is 4.79. The van der Waals surface area contributed by atoms with E-state index in [4.69, 9.17) is 4.84 Å². The fraction of sp³-hybridized carbons (Fsp3) is 0.611. The molecule has 27 heavy (non-hydrogen) atoms. The van der Waals surface area contributed by atoms with E-state index < -0.39 is 6.61 Å². The Balaban J connectivity index is 1.35. The van der Waals surface area contributed by atoms with E-state index >= 15 is 0 Å². The maximum Gasteiger partial charge on any atom is 0.387 e. The van der Waals surface area contributed by atoms with E-state index in [1.165, 1.54) is 31.7 Å². The van der Waals surface area contributed by atoms with Gasteiger partial charge in [-0.2, -0.15) is 13.9 Å². The molecular weight excluding hydrogens is 356 g/mol. The van der Waals surface area contributed by atoms with Crippen LogP contribution in [0.25, 0.3) is 10.9 Å². The number of hydrogen-bond donors (Lipinski definition) is 2. The first-order valence-electron chi connectivity index (χ1n) is 9.43. The molecule has 0 unspecified atom stereocenters. The van der Waals surface area contributed by atoms with Crippen molar-refractivity contribution >= 4 is 16.7 Å². The molecule has 0 radical (unpaired) electrons. The van der Waals surface area contributed by atoms with Crippen molar-refractivity contribution in [2.24, 2.45) is 18.9 Å². The van der Waals surface area contributed by atoms with Crippen molar-refractivity contribution in [2.45, 2.75) is 44.3 Å². The third kappa shape index (κ3) is 2.94. The van der Waals surface area contributed by atoms with Crippen molar-refractivity contribution in [1.29, 1.82) is 0 Å². The molecule has 1 aromatic carbocycles. The van der Waals surface area contributed by atoms with Crippen LogP contribution < -0.4 is 15.6 Å². The van der Waals surface area contributed by atoms with E-state index in [1.54, 1.807) is 29.1 Å². The number of rotatable bonds is 4. The molecule has 0 amide bonds. The molecule has 3 saturated carbocycles. The van der Waals surface area contributed by atoms with E-state index in [0.717, 1.165) is 24.3 Å². The SMILES string of the molecule is Cn1nc(NN2NC[C@]3(CC4CCC3CC4)O2)c2ccc(OC(F)F)cc21. The number of aryl methyl sites for hydroxylation is 1. The molecule has 6 rings (SSSR count). The summed E-state index contributed by atoms with van der Waals surface area (Å²) in [6.07, 6.45) is 6.20. The normalized spacial score (nSPS) is 30.7. The largest absolute Gasteiger partial charge is 0.435 e. The zero-order chi connectivity index (χ0) is 18.6. The zero-order valence-corrected chi connectivity index (χ0v) is 15.1. The Morgan fingerprint density at radius 3 is 2.85 bits per heavy atom. The maximum absolute atomic E-state index is 12.4. The molecule has 2 heterocycles. The van der Waals surface area contributed by atoms with E-state index in [0.29, 0.717) is 17.3 Å². The number of benzene rings is 1. The summed E-state index contributed by atoms with van der Waals surface area (Å²) < 4.78 is 31.0. The van der Waals surface area contributed by atoms with Crippen LogP contribution in [-0.2, 0) is 11.9 Å². The first kappa shape index (κ1) is 17.2. The summed E-state index contributed by atoms with van der Waals surface area (Å²) in [5.74, 6) is 2.07. The second kappa shape index (κ2) is 6.29. The number of fused-ring (bicyclic) bond motifs is 3. The molecule has 7 nitrogen and oxygen atoms in total. The van der Waals surface area contributed by atoms with Gasteiger partial charge in [0.25, 0.3) is 0 Å². The first-order chi connectivity index (χ1) is 13.0. The Bertz CT molecular complexity index is 852. The molecule has 9 heteroatoms. The van der Waals surface area contributed by atoms with Crippen LogP contribution in [0.5, 0.6) is 5.75 Å². The lowest BCUT2D eigenvalue weighted by atomic mass is 9.62. The second-order valence-corrected chi connectivity index (χ2v) is 7.85. The molecule has 1 saturated heterocycles. The molecule has 1 atom stereocenters. The number of hydrazine groups is 2. The number of hydrogen-bond acceptors (Lipinski definition) is 6. The average molecular weight is 379 g/mol. The van der Waals surface area contributed by atoms with Gasteiger partial charge in [-0.25, -0.2) is 5.43 Å². The van der Waals surface area contributed by atoms with Gasteiger partial charge in [0.1, 0.15) is 11.4 Å². The minimum atomic E-state index is -2.85. The topological polar surface area (TPSA) is 63.6 Å². The molecule has 2 aromatic rings. The summed E-state index contributed by atoms with van der Waals surface area (Å²) in [5, 5.41) is 6.82. The Kier molecular flexibility index (Phi) is 3.99. The lowest BCUT2D eigenvalue weighted by molar-refractivity contribution is -0.235. The molecule has 3 aliphatic carbocycles. The van der Waals surface area contributed by atoms with Crippen molar-refractivity contribution in [3.05, 3.63) is 18.2 Å². The number of nitrogens with one attached hydrogen (secondary N) is 2. The molecule has 1 aromatic heterocycles. The number of halogens is 2. The molecule has 1 aliphatic heterocycles. The zero-order valence-electron chi connectivity index (χ0n) is 15.1. The highest BCUT2D eigenvalue weighted by atomic mass is 19.3. The van der Waals surface area contributed by atoms with E-state index in [2.05, 4.69) is 20.7 Å². The minimum absolute atomic E-state index is 0.111.